The maximum atomic E-state index is 13.2. The molecule has 2 aromatic carbocycles. The van der Waals surface area contributed by atoms with Crippen molar-refractivity contribution >= 4 is 25.5 Å². The molecule has 0 spiro atoms. The summed E-state index contributed by atoms with van der Waals surface area (Å²) in [6.07, 6.45) is 1.06. The van der Waals surface area contributed by atoms with Crippen LogP contribution in [0.25, 0.3) is 0 Å². The third kappa shape index (κ3) is 4.73. The van der Waals surface area contributed by atoms with Crippen LogP contribution in [0, 0.1) is 11.6 Å². The molecule has 5 nitrogen and oxygen atoms in total. The SMILES string of the molecule is CS(=O)(=O)Cc1cccc(NS(=O)(=O)c2ccc(F)c(F)c2)c1. The second-order valence-corrected chi connectivity index (χ2v) is 8.77. The van der Waals surface area contributed by atoms with Crippen LogP contribution >= 0.6 is 0 Å². The number of halogens is 2. The molecule has 0 saturated carbocycles. The van der Waals surface area contributed by atoms with Gasteiger partial charge in [-0.3, -0.25) is 4.72 Å². The quantitative estimate of drug-likeness (QED) is 0.886. The molecule has 124 valence electrons. The number of sulfonamides is 1. The summed E-state index contributed by atoms with van der Waals surface area (Å²) >= 11 is 0. The smallest absolute Gasteiger partial charge is 0.261 e. The van der Waals surface area contributed by atoms with Gasteiger partial charge in [-0.05, 0) is 35.9 Å². The molecule has 0 amide bonds. The Labute approximate surface area is 132 Å². The van der Waals surface area contributed by atoms with Crippen LogP contribution in [-0.2, 0) is 25.6 Å². The van der Waals surface area contributed by atoms with Crippen LogP contribution in [0.3, 0.4) is 0 Å². The van der Waals surface area contributed by atoms with Gasteiger partial charge in [-0.15, -0.1) is 0 Å². The topological polar surface area (TPSA) is 80.3 Å². The number of anilines is 1. The Morgan fingerprint density at radius 3 is 2.26 bits per heavy atom. The second-order valence-electron chi connectivity index (χ2n) is 4.95. The Kier molecular flexibility index (Phi) is 4.71. The summed E-state index contributed by atoms with van der Waals surface area (Å²) in [4.78, 5) is -0.440. The van der Waals surface area contributed by atoms with Gasteiger partial charge in [0.1, 0.15) is 0 Å². The first kappa shape index (κ1) is 17.4. The maximum Gasteiger partial charge on any atom is 0.261 e. The number of rotatable bonds is 5. The number of sulfone groups is 1. The number of hydrogen-bond donors (Lipinski definition) is 1. The Bertz CT molecular complexity index is 941. The zero-order valence-electron chi connectivity index (χ0n) is 12.0. The van der Waals surface area contributed by atoms with Crippen LogP contribution in [0.15, 0.2) is 47.4 Å². The summed E-state index contributed by atoms with van der Waals surface area (Å²) in [6, 6.07) is 8.02. The highest BCUT2D eigenvalue weighted by Crippen LogP contribution is 2.19. The van der Waals surface area contributed by atoms with Crippen LogP contribution in [0.2, 0.25) is 0 Å². The van der Waals surface area contributed by atoms with Gasteiger partial charge in [0, 0.05) is 11.9 Å². The highest BCUT2D eigenvalue weighted by Gasteiger charge is 2.17. The van der Waals surface area contributed by atoms with Gasteiger partial charge in [-0.2, -0.15) is 0 Å². The fourth-order valence-corrected chi connectivity index (χ4v) is 3.73. The van der Waals surface area contributed by atoms with E-state index >= 15 is 0 Å². The summed E-state index contributed by atoms with van der Waals surface area (Å²) in [5, 5.41) is 0. The Morgan fingerprint density at radius 1 is 0.957 bits per heavy atom. The minimum atomic E-state index is -4.12. The van der Waals surface area contributed by atoms with Crippen molar-refractivity contribution in [1.82, 2.24) is 0 Å². The van der Waals surface area contributed by atoms with Gasteiger partial charge < -0.3 is 0 Å². The van der Waals surface area contributed by atoms with Gasteiger partial charge in [0.25, 0.3) is 10.0 Å². The molecule has 0 aliphatic heterocycles. The molecule has 0 fully saturated rings. The van der Waals surface area contributed by atoms with Crippen molar-refractivity contribution in [3.63, 3.8) is 0 Å². The molecule has 2 aromatic rings. The summed E-state index contributed by atoms with van der Waals surface area (Å²) in [6.45, 7) is 0. The van der Waals surface area contributed by atoms with Crippen molar-refractivity contribution in [2.24, 2.45) is 0 Å². The Morgan fingerprint density at radius 2 is 1.65 bits per heavy atom. The van der Waals surface area contributed by atoms with Crippen LogP contribution < -0.4 is 4.72 Å². The van der Waals surface area contributed by atoms with E-state index in [2.05, 4.69) is 4.72 Å². The molecule has 0 aliphatic carbocycles. The molecule has 0 aromatic heterocycles. The monoisotopic (exact) mass is 361 g/mol. The van der Waals surface area contributed by atoms with Gasteiger partial charge in [-0.1, -0.05) is 12.1 Å². The molecule has 0 radical (unpaired) electrons. The van der Waals surface area contributed by atoms with Crippen molar-refractivity contribution in [1.29, 1.82) is 0 Å². The van der Waals surface area contributed by atoms with Gasteiger partial charge in [0.05, 0.1) is 10.6 Å². The molecule has 0 heterocycles. The summed E-state index contributed by atoms with van der Waals surface area (Å²) in [7, 11) is -7.39. The lowest BCUT2D eigenvalue weighted by molar-refractivity contribution is 0.504. The highest BCUT2D eigenvalue weighted by molar-refractivity contribution is 7.92. The number of benzene rings is 2. The van der Waals surface area contributed by atoms with E-state index in [-0.39, 0.29) is 11.4 Å². The average molecular weight is 361 g/mol. The molecule has 9 heteroatoms. The third-order valence-electron chi connectivity index (χ3n) is 2.81. The molecule has 0 unspecified atom stereocenters. The predicted octanol–water partition coefficient (Wildman–Crippen LogP) is 2.31. The first-order chi connectivity index (χ1) is 10.6. The standard InChI is InChI=1S/C14H13F2NO4S2/c1-22(18,19)9-10-3-2-4-11(7-10)17-23(20,21)12-5-6-13(15)14(16)8-12/h2-8,17H,9H2,1H3. The van der Waals surface area contributed by atoms with Crippen LogP contribution in [0.5, 0.6) is 0 Å². The lowest BCUT2D eigenvalue weighted by Gasteiger charge is -2.09. The van der Waals surface area contributed by atoms with Crippen molar-refractivity contribution < 1.29 is 25.6 Å². The number of nitrogens with one attached hydrogen (secondary N) is 1. The summed E-state index contributed by atoms with van der Waals surface area (Å²) in [5.74, 6) is -2.67. The normalized spacial score (nSPS) is 12.1. The molecule has 0 aliphatic rings. The molecule has 1 N–H and O–H groups in total. The molecule has 0 saturated heterocycles. The summed E-state index contributed by atoms with van der Waals surface area (Å²) < 4.78 is 75.1. The van der Waals surface area contributed by atoms with E-state index < -0.39 is 36.4 Å². The van der Waals surface area contributed by atoms with Crippen LogP contribution in [0.1, 0.15) is 5.56 Å². The molecule has 0 bridgehead atoms. The van der Waals surface area contributed by atoms with Gasteiger partial charge >= 0.3 is 0 Å². The molecular formula is C14H13F2NO4S2. The largest absolute Gasteiger partial charge is 0.280 e. The first-order valence-electron chi connectivity index (χ1n) is 6.31. The zero-order chi connectivity index (χ0) is 17.3. The Balaban J connectivity index is 2.30. The van der Waals surface area contributed by atoms with E-state index in [1.54, 1.807) is 0 Å². The van der Waals surface area contributed by atoms with E-state index in [1.807, 2.05) is 0 Å². The third-order valence-corrected chi connectivity index (χ3v) is 5.05. The number of hydrogen-bond acceptors (Lipinski definition) is 4. The van der Waals surface area contributed by atoms with E-state index in [0.717, 1.165) is 12.3 Å². The van der Waals surface area contributed by atoms with Crippen LogP contribution in [0.4, 0.5) is 14.5 Å². The minimum Gasteiger partial charge on any atom is -0.280 e. The van der Waals surface area contributed by atoms with Gasteiger partial charge in [0.2, 0.25) is 0 Å². The average Bonchev–Trinajstić information content (AvgIpc) is 2.39. The first-order valence-corrected chi connectivity index (χ1v) is 9.86. The predicted molar refractivity (Wildman–Crippen MR) is 82.2 cm³/mol. The van der Waals surface area contributed by atoms with Crippen molar-refractivity contribution in [3.05, 3.63) is 59.7 Å². The second kappa shape index (κ2) is 6.25. The summed E-state index contributed by atoms with van der Waals surface area (Å²) in [5.41, 5.74) is 0.522. The van der Waals surface area contributed by atoms with Gasteiger partial charge in [0.15, 0.2) is 21.5 Å². The van der Waals surface area contributed by atoms with E-state index in [9.17, 15) is 25.6 Å². The lowest BCUT2D eigenvalue weighted by Crippen LogP contribution is -2.13. The molecule has 23 heavy (non-hydrogen) atoms. The van der Waals surface area contributed by atoms with E-state index in [4.69, 9.17) is 0 Å². The Hall–Kier alpha value is -2.00. The molecule has 0 atom stereocenters. The van der Waals surface area contributed by atoms with Crippen molar-refractivity contribution in [2.75, 3.05) is 11.0 Å². The fraction of sp³-hybridized carbons (Fsp3) is 0.143. The lowest BCUT2D eigenvalue weighted by atomic mass is 10.2. The zero-order valence-corrected chi connectivity index (χ0v) is 13.6. The van der Waals surface area contributed by atoms with E-state index in [0.29, 0.717) is 17.7 Å². The van der Waals surface area contributed by atoms with E-state index in [1.165, 1.54) is 24.3 Å². The van der Waals surface area contributed by atoms with Gasteiger partial charge in [-0.25, -0.2) is 25.6 Å². The fourth-order valence-electron chi connectivity index (χ4n) is 1.89. The minimum absolute atomic E-state index is 0.121. The highest BCUT2D eigenvalue weighted by atomic mass is 32.2. The van der Waals surface area contributed by atoms with Crippen LogP contribution in [-0.4, -0.2) is 23.1 Å². The molecular weight excluding hydrogens is 348 g/mol. The van der Waals surface area contributed by atoms with Crippen molar-refractivity contribution in [3.8, 4) is 0 Å². The van der Waals surface area contributed by atoms with Crippen molar-refractivity contribution in [2.45, 2.75) is 10.6 Å². The molecule has 2 rings (SSSR count). The maximum absolute atomic E-state index is 13.2.